The van der Waals surface area contributed by atoms with Crippen molar-refractivity contribution in [2.24, 2.45) is 5.92 Å². The minimum Gasteiger partial charge on any atom is -0.317 e. The number of benzene rings is 1. The first-order valence-electron chi connectivity index (χ1n) is 6.62. The van der Waals surface area contributed by atoms with Crippen molar-refractivity contribution in [1.82, 2.24) is 5.32 Å². The highest BCUT2D eigenvalue weighted by Gasteiger charge is 2.37. The quantitative estimate of drug-likeness (QED) is 0.889. The second-order valence-corrected chi connectivity index (χ2v) is 6.90. The fraction of sp³-hybridized carbons (Fsp3) is 0.571. The van der Waals surface area contributed by atoms with Crippen LogP contribution in [0.25, 0.3) is 0 Å². The molecule has 0 fully saturated rings. The summed E-state index contributed by atoms with van der Waals surface area (Å²) in [6, 6.07) is 7.46. The Balaban J connectivity index is 2.31. The van der Waals surface area contributed by atoms with Crippen LogP contribution >= 0.6 is 0 Å². The van der Waals surface area contributed by atoms with E-state index in [9.17, 15) is 8.42 Å². The predicted molar refractivity (Wildman–Crippen MR) is 73.6 cm³/mol. The van der Waals surface area contributed by atoms with Crippen LogP contribution in [0.3, 0.4) is 0 Å². The first-order valence-corrected chi connectivity index (χ1v) is 8.27. The lowest BCUT2D eigenvalue weighted by atomic mass is 9.86. The van der Waals surface area contributed by atoms with Crippen LogP contribution < -0.4 is 5.32 Å². The molecule has 0 aromatic heterocycles. The van der Waals surface area contributed by atoms with Crippen molar-refractivity contribution < 1.29 is 8.42 Å². The topological polar surface area (TPSA) is 46.2 Å². The third-order valence-electron chi connectivity index (χ3n) is 3.80. The summed E-state index contributed by atoms with van der Waals surface area (Å²) in [7, 11) is -3.06. The molecule has 1 N–H and O–H groups in total. The lowest BCUT2D eigenvalue weighted by molar-refractivity contribution is 0.410. The van der Waals surface area contributed by atoms with Gasteiger partial charge in [-0.1, -0.05) is 38.5 Å². The molecule has 4 heteroatoms. The summed E-state index contributed by atoms with van der Waals surface area (Å²) in [6.45, 7) is 6.03. The highest BCUT2D eigenvalue weighted by Crippen LogP contribution is 2.40. The Hall–Kier alpha value is -0.870. The molecule has 1 aromatic rings. The summed E-state index contributed by atoms with van der Waals surface area (Å²) in [6.07, 6.45) is 1.00. The first-order chi connectivity index (χ1) is 8.60. The molecule has 1 aliphatic heterocycles. The standard InChI is InChI=1S/C14H21NO2S/c1-3-11(9-15-4-2)13-10-18(16,17)14-8-6-5-7-12(13)14/h5-8,11,13,15H,3-4,9-10H2,1-2H3. The van der Waals surface area contributed by atoms with E-state index >= 15 is 0 Å². The van der Waals surface area contributed by atoms with Gasteiger partial charge in [-0.3, -0.25) is 0 Å². The Labute approximate surface area is 110 Å². The van der Waals surface area contributed by atoms with Gasteiger partial charge in [-0.2, -0.15) is 0 Å². The fourth-order valence-corrected chi connectivity index (χ4v) is 4.75. The van der Waals surface area contributed by atoms with Crippen LogP contribution in [0.1, 0.15) is 31.7 Å². The second kappa shape index (κ2) is 5.41. The minimum atomic E-state index is -3.06. The molecule has 0 aliphatic carbocycles. The Kier molecular flexibility index (Phi) is 4.07. The summed E-state index contributed by atoms with van der Waals surface area (Å²) in [5.41, 5.74) is 1.02. The van der Waals surface area contributed by atoms with Crippen LogP contribution in [0.4, 0.5) is 0 Å². The van der Waals surface area contributed by atoms with E-state index in [2.05, 4.69) is 19.2 Å². The van der Waals surface area contributed by atoms with Gasteiger partial charge < -0.3 is 5.32 Å². The lowest BCUT2D eigenvalue weighted by Gasteiger charge is -2.22. The molecule has 2 atom stereocenters. The Bertz CT molecular complexity index is 510. The van der Waals surface area contributed by atoms with E-state index in [4.69, 9.17) is 0 Å². The van der Waals surface area contributed by atoms with E-state index in [0.717, 1.165) is 25.1 Å². The first kappa shape index (κ1) is 13.6. The third kappa shape index (κ3) is 2.45. The van der Waals surface area contributed by atoms with Gasteiger partial charge in [0.2, 0.25) is 0 Å². The van der Waals surface area contributed by atoms with Gasteiger partial charge in [-0.05, 0) is 30.6 Å². The zero-order valence-electron chi connectivity index (χ0n) is 11.0. The molecule has 0 bridgehead atoms. The Morgan fingerprint density at radius 3 is 2.72 bits per heavy atom. The highest BCUT2D eigenvalue weighted by molar-refractivity contribution is 7.91. The Morgan fingerprint density at radius 2 is 2.06 bits per heavy atom. The van der Waals surface area contributed by atoms with E-state index in [1.165, 1.54) is 0 Å². The molecular weight excluding hydrogens is 246 g/mol. The number of nitrogens with one attached hydrogen (secondary N) is 1. The number of rotatable bonds is 5. The summed E-state index contributed by atoms with van der Waals surface area (Å²) < 4.78 is 24.3. The molecule has 1 heterocycles. The number of hydrogen-bond donors (Lipinski definition) is 1. The maximum atomic E-state index is 12.1. The summed E-state index contributed by atoms with van der Waals surface area (Å²) in [5.74, 6) is 0.814. The average molecular weight is 267 g/mol. The van der Waals surface area contributed by atoms with Crippen LogP contribution in [0.2, 0.25) is 0 Å². The smallest absolute Gasteiger partial charge is 0.179 e. The van der Waals surface area contributed by atoms with Gasteiger partial charge in [0.1, 0.15) is 0 Å². The SMILES string of the molecule is CCNCC(CC)C1CS(=O)(=O)c2ccccc21. The largest absolute Gasteiger partial charge is 0.317 e. The van der Waals surface area contributed by atoms with Gasteiger partial charge in [0.25, 0.3) is 0 Å². The van der Waals surface area contributed by atoms with E-state index in [1.807, 2.05) is 18.2 Å². The summed E-state index contributed by atoms with van der Waals surface area (Å²) in [4.78, 5) is 0.546. The van der Waals surface area contributed by atoms with Crippen molar-refractivity contribution >= 4 is 9.84 Å². The third-order valence-corrected chi connectivity index (χ3v) is 5.64. The van der Waals surface area contributed by atoms with Gasteiger partial charge in [-0.25, -0.2) is 8.42 Å². The van der Waals surface area contributed by atoms with Crippen molar-refractivity contribution in [2.75, 3.05) is 18.8 Å². The van der Waals surface area contributed by atoms with E-state index in [-0.39, 0.29) is 11.7 Å². The minimum absolute atomic E-state index is 0.148. The van der Waals surface area contributed by atoms with Gasteiger partial charge in [-0.15, -0.1) is 0 Å². The van der Waals surface area contributed by atoms with Crippen molar-refractivity contribution in [3.05, 3.63) is 29.8 Å². The monoisotopic (exact) mass is 267 g/mol. The zero-order valence-corrected chi connectivity index (χ0v) is 11.8. The number of hydrogen-bond acceptors (Lipinski definition) is 3. The molecule has 3 nitrogen and oxygen atoms in total. The molecule has 0 amide bonds. The molecule has 0 saturated carbocycles. The van der Waals surface area contributed by atoms with Gasteiger partial charge in [0, 0.05) is 5.92 Å². The average Bonchev–Trinajstić information content (AvgIpc) is 2.64. The Morgan fingerprint density at radius 1 is 1.33 bits per heavy atom. The molecular formula is C14H21NO2S. The van der Waals surface area contributed by atoms with Gasteiger partial charge in [0.05, 0.1) is 10.6 Å². The fourth-order valence-electron chi connectivity index (χ4n) is 2.78. The molecule has 0 spiro atoms. The number of sulfone groups is 1. The van der Waals surface area contributed by atoms with Crippen LogP contribution in [0, 0.1) is 5.92 Å². The molecule has 1 aromatic carbocycles. The zero-order chi connectivity index (χ0) is 13.2. The van der Waals surface area contributed by atoms with Crippen molar-refractivity contribution in [2.45, 2.75) is 31.1 Å². The van der Waals surface area contributed by atoms with E-state index in [0.29, 0.717) is 10.8 Å². The molecule has 2 unspecified atom stereocenters. The van der Waals surface area contributed by atoms with Crippen LogP contribution in [-0.2, 0) is 9.84 Å². The molecule has 18 heavy (non-hydrogen) atoms. The van der Waals surface area contributed by atoms with Gasteiger partial charge >= 0.3 is 0 Å². The van der Waals surface area contributed by atoms with Crippen LogP contribution in [-0.4, -0.2) is 27.3 Å². The molecule has 0 saturated heterocycles. The van der Waals surface area contributed by atoms with E-state index < -0.39 is 9.84 Å². The van der Waals surface area contributed by atoms with Crippen molar-refractivity contribution in [3.8, 4) is 0 Å². The maximum Gasteiger partial charge on any atom is 0.179 e. The van der Waals surface area contributed by atoms with E-state index in [1.54, 1.807) is 6.07 Å². The van der Waals surface area contributed by atoms with Crippen molar-refractivity contribution in [3.63, 3.8) is 0 Å². The normalized spacial score (nSPS) is 22.7. The number of fused-ring (bicyclic) bond motifs is 1. The van der Waals surface area contributed by atoms with Crippen LogP contribution in [0.5, 0.6) is 0 Å². The van der Waals surface area contributed by atoms with Crippen LogP contribution in [0.15, 0.2) is 29.2 Å². The van der Waals surface area contributed by atoms with Crippen molar-refractivity contribution in [1.29, 1.82) is 0 Å². The predicted octanol–water partition coefficient (Wildman–Crippen LogP) is 2.19. The molecule has 100 valence electrons. The van der Waals surface area contributed by atoms with Gasteiger partial charge in [0.15, 0.2) is 9.84 Å². The molecule has 2 rings (SSSR count). The molecule has 0 radical (unpaired) electrons. The second-order valence-electron chi connectivity index (χ2n) is 4.90. The summed E-state index contributed by atoms with van der Waals surface area (Å²) in [5, 5.41) is 3.34. The summed E-state index contributed by atoms with van der Waals surface area (Å²) >= 11 is 0. The maximum absolute atomic E-state index is 12.1. The highest BCUT2D eigenvalue weighted by atomic mass is 32.2. The lowest BCUT2D eigenvalue weighted by Crippen LogP contribution is -2.27. The molecule has 1 aliphatic rings.